The van der Waals surface area contributed by atoms with Crippen LogP contribution in [0.2, 0.25) is 0 Å². The van der Waals surface area contributed by atoms with E-state index in [1.165, 1.54) is 261 Å². The molecule has 29 rings (SSSR count). The van der Waals surface area contributed by atoms with E-state index in [0.717, 1.165) is 5.69 Å². The SMILES string of the molecule is c1ccc(-c2ccc3cc(-n4c5ccccc5c5c6c7ccccc7ccc6c6ccccc6c54)ccc3c2)cc1.c1ccc(-c2ccc3ccc(-n4c5ccccc5c5c6c7ccccc7ccc6c6ccccc6c54)cc3c2)cc1.c1ccc2c(c1)ccc1c3ccccc3c3c(c4ccccc4n3-c3ccc(-c4ccc5c6ccccc6c6ccccc6c5c4)cc3)c21. The summed E-state index contributed by atoms with van der Waals surface area (Å²) in [6, 6.07) is 176. The Morgan fingerprint density at radius 2 is 0.351 bits per heavy atom. The van der Waals surface area contributed by atoms with E-state index in [1.807, 2.05) is 0 Å². The number of hydrogen-bond acceptors (Lipinski definition) is 0. The molecule has 0 aliphatic carbocycles. The molecule has 0 bridgehead atoms. The highest BCUT2D eigenvalue weighted by Crippen LogP contribution is 2.51. The highest BCUT2D eigenvalue weighted by molar-refractivity contribution is 6.40. The van der Waals surface area contributed by atoms with Gasteiger partial charge >= 0.3 is 0 Å². The highest BCUT2D eigenvalue weighted by Gasteiger charge is 2.26. The molecular formula is C128H79N3. The predicted molar refractivity (Wildman–Crippen MR) is 564 cm³/mol. The largest absolute Gasteiger partial charge is 0.309 e. The zero-order valence-electron chi connectivity index (χ0n) is 71.5. The van der Waals surface area contributed by atoms with Crippen LogP contribution in [0.4, 0.5) is 0 Å². The fourth-order valence-corrected chi connectivity index (χ4v) is 22.4. The van der Waals surface area contributed by atoms with E-state index in [0.29, 0.717) is 0 Å². The number of aromatic nitrogens is 3. The Bertz CT molecular complexity index is 9820. The van der Waals surface area contributed by atoms with Gasteiger partial charge in [-0.05, 0) is 225 Å². The summed E-state index contributed by atoms with van der Waals surface area (Å²) < 4.78 is 7.46. The van der Waals surface area contributed by atoms with E-state index in [2.05, 4.69) is 493 Å². The fraction of sp³-hybridized carbons (Fsp3) is 0. The van der Waals surface area contributed by atoms with Crippen molar-refractivity contribution in [2.75, 3.05) is 0 Å². The molecule has 0 aliphatic rings. The summed E-state index contributed by atoms with van der Waals surface area (Å²) in [5.74, 6) is 0. The topological polar surface area (TPSA) is 14.8 Å². The summed E-state index contributed by atoms with van der Waals surface area (Å²) in [5.41, 5.74) is 18.4. The minimum absolute atomic E-state index is 1.16. The Hall–Kier alpha value is -17.2. The molecule has 26 aromatic carbocycles. The lowest BCUT2D eigenvalue weighted by molar-refractivity contribution is 1.19. The first-order chi connectivity index (χ1) is 65.0. The highest BCUT2D eigenvalue weighted by atomic mass is 15.0. The van der Waals surface area contributed by atoms with E-state index >= 15 is 0 Å². The van der Waals surface area contributed by atoms with Crippen LogP contribution in [0.3, 0.4) is 0 Å². The van der Waals surface area contributed by atoms with Crippen LogP contribution in [-0.4, -0.2) is 13.7 Å². The first-order valence-electron chi connectivity index (χ1n) is 45.4. The van der Waals surface area contributed by atoms with Crippen molar-refractivity contribution >= 4 is 216 Å². The summed E-state index contributed by atoms with van der Waals surface area (Å²) in [7, 11) is 0. The summed E-state index contributed by atoms with van der Waals surface area (Å²) in [6.45, 7) is 0. The third kappa shape index (κ3) is 11.6. The molecule has 0 aliphatic heterocycles. The van der Waals surface area contributed by atoms with Gasteiger partial charge in [0.05, 0.1) is 33.1 Å². The summed E-state index contributed by atoms with van der Waals surface area (Å²) in [5, 5.41) is 43.9. The molecule has 0 spiro atoms. The van der Waals surface area contributed by atoms with Crippen molar-refractivity contribution in [3.8, 4) is 50.4 Å². The molecule has 0 radical (unpaired) electrons. The molecule has 3 heteroatoms. The predicted octanol–water partition coefficient (Wildman–Crippen LogP) is 35.5. The summed E-state index contributed by atoms with van der Waals surface area (Å²) in [4.78, 5) is 0. The van der Waals surface area contributed by atoms with Gasteiger partial charge in [-0.25, -0.2) is 0 Å². The second kappa shape index (κ2) is 29.7. The van der Waals surface area contributed by atoms with Crippen LogP contribution in [0.25, 0.3) is 267 Å². The van der Waals surface area contributed by atoms with Crippen LogP contribution in [0.5, 0.6) is 0 Å². The van der Waals surface area contributed by atoms with Crippen LogP contribution < -0.4 is 0 Å². The second-order valence-corrected chi connectivity index (χ2v) is 35.1. The number of hydrogen-bond donors (Lipinski definition) is 0. The molecule has 0 fully saturated rings. The first-order valence-corrected chi connectivity index (χ1v) is 45.4. The van der Waals surface area contributed by atoms with Gasteiger partial charge in [0, 0.05) is 81.7 Å². The van der Waals surface area contributed by atoms with Crippen molar-refractivity contribution in [2.24, 2.45) is 0 Å². The number of rotatable bonds is 6. The van der Waals surface area contributed by atoms with E-state index in [-0.39, 0.29) is 0 Å². The van der Waals surface area contributed by atoms with Crippen molar-refractivity contribution in [3.05, 3.63) is 479 Å². The molecule has 131 heavy (non-hydrogen) atoms. The van der Waals surface area contributed by atoms with Crippen molar-refractivity contribution in [3.63, 3.8) is 0 Å². The molecule has 29 aromatic rings. The van der Waals surface area contributed by atoms with E-state index in [1.54, 1.807) is 0 Å². The maximum Gasteiger partial charge on any atom is 0.0626 e. The van der Waals surface area contributed by atoms with Gasteiger partial charge in [0.25, 0.3) is 0 Å². The standard InChI is InChI=1S/C48H29N.2C40H25N/c1-2-12-34-31(11-1)23-28-41-39-17-7-8-18-42(39)48-47(46(34)41)43-19-9-10-20-45(43)49(48)33-25-21-30(22-26-33)32-24-27-40-37-15-4-3-13-35(37)36-14-5-6-16-38(36)44(40)29-32;1-2-10-26(11-3-1)29-19-18-27-20-22-31(25-30(27)24-29)41-37-17-9-8-16-36(37)39-38-32-13-5-4-12-28(32)21-23-34(38)33-14-6-7-15-35(33)40(39)41;1-2-10-26(11-3-1)28-18-19-30-25-31(22-20-29(30)24-28)41-37-17-9-8-16-36(37)39-38-32-13-5-4-12-27(32)21-23-34(38)33-14-6-7-15-35(33)40(39)41/h1-29H;2*1-25H. The molecule has 3 aromatic heterocycles. The zero-order chi connectivity index (χ0) is 85.9. The fourth-order valence-electron chi connectivity index (χ4n) is 22.4. The number of benzene rings is 26. The molecule has 606 valence electrons. The Labute approximate surface area is 754 Å². The molecular weight excluding hydrogens is 1580 g/mol. The van der Waals surface area contributed by atoms with E-state index < -0.39 is 0 Å². The van der Waals surface area contributed by atoms with Crippen molar-refractivity contribution in [1.29, 1.82) is 0 Å². The van der Waals surface area contributed by atoms with E-state index in [4.69, 9.17) is 0 Å². The van der Waals surface area contributed by atoms with Crippen LogP contribution in [0, 0.1) is 0 Å². The molecule has 0 amide bonds. The van der Waals surface area contributed by atoms with Crippen LogP contribution in [0.15, 0.2) is 479 Å². The second-order valence-electron chi connectivity index (χ2n) is 35.1. The summed E-state index contributed by atoms with van der Waals surface area (Å²) >= 11 is 0. The third-order valence-electron chi connectivity index (χ3n) is 28.2. The van der Waals surface area contributed by atoms with Gasteiger partial charge in [-0.2, -0.15) is 0 Å². The van der Waals surface area contributed by atoms with Gasteiger partial charge in [0.1, 0.15) is 0 Å². The lowest BCUT2D eigenvalue weighted by atomic mass is 9.92. The Morgan fingerprint density at radius 1 is 0.107 bits per heavy atom. The van der Waals surface area contributed by atoms with Crippen molar-refractivity contribution in [1.82, 2.24) is 13.7 Å². The third-order valence-corrected chi connectivity index (χ3v) is 28.2. The number of fused-ring (bicyclic) bond motifs is 38. The molecule has 0 unspecified atom stereocenters. The molecule has 0 N–H and O–H groups in total. The maximum absolute atomic E-state index is 2.49. The van der Waals surface area contributed by atoms with Gasteiger partial charge in [-0.15, -0.1) is 0 Å². The van der Waals surface area contributed by atoms with Crippen molar-refractivity contribution in [2.45, 2.75) is 0 Å². The van der Waals surface area contributed by atoms with E-state index in [9.17, 15) is 0 Å². The van der Waals surface area contributed by atoms with Gasteiger partial charge in [0.2, 0.25) is 0 Å². The van der Waals surface area contributed by atoms with Crippen LogP contribution in [-0.2, 0) is 0 Å². The average molecular weight is 1660 g/mol. The van der Waals surface area contributed by atoms with Gasteiger partial charge in [-0.1, -0.05) is 406 Å². The van der Waals surface area contributed by atoms with Gasteiger partial charge in [0.15, 0.2) is 0 Å². The quantitative estimate of drug-likeness (QED) is 0.147. The molecule has 3 heterocycles. The minimum Gasteiger partial charge on any atom is -0.309 e. The maximum atomic E-state index is 2.49. The number of nitrogens with zero attached hydrogens (tertiary/aromatic N) is 3. The van der Waals surface area contributed by atoms with Gasteiger partial charge in [-0.3, -0.25) is 0 Å². The molecule has 3 nitrogen and oxygen atoms in total. The van der Waals surface area contributed by atoms with Crippen LogP contribution >= 0.6 is 0 Å². The monoisotopic (exact) mass is 1660 g/mol. The van der Waals surface area contributed by atoms with Crippen molar-refractivity contribution < 1.29 is 0 Å². The Kier molecular flexibility index (Phi) is 16.8. The normalized spacial score (nSPS) is 12.0. The lowest BCUT2D eigenvalue weighted by Crippen LogP contribution is -1.95. The lowest BCUT2D eigenvalue weighted by Gasteiger charge is -2.14. The minimum atomic E-state index is 1.16. The average Bonchev–Trinajstić information content (AvgIpc) is 1.57. The Morgan fingerprint density at radius 3 is 0.771 bits per heavy atom. The smallest absolute Gasteiger partial charge is 0.0626 e. The Balaban J connectivity index is 0.000000101. The summed E-state index contributed by atoms with van der Waals surface area (Å²) in [6.07, 6.45) is 0. The van der Waals surface area contributed by atoms with Crippen LogP contribution in [0.1, 0.15) is 0 Å². The number of para-hydroxylation sites is 3. The van der Waals surface area contributed by atoms with Gasteiger partial charge < -0.3 is 13.7 Å². The molecule has 0 saturated heterocycles. The molecule has 0 saturated carbocycles. The molecule has 0 atom stereocenters. The zero-order valence-corrected chi connectivity index (χ0v) is 71.5. The first kappa shape index (κ1) is 74.1.